The number of imidazole rings is 1. The lowest BCUT2D eigenvalue weighted by atomic mass is 9.70. The molecule has 2 aromatic carbocycles. The van der Waals surface area contributed by atoms with Crippen LogP contribution in [0.3, 0.4) is 0 Å². The molecule has 238 valence electrons. The molecule has 2 unspecified atom stereocenters. The highest BCUT2D eigenvalue weighted by Gasteiger charge is 2.40. The number of hydrogen-bond donors (Lipinski definition) is 0. The molecule has 2 atom stereocenters. The van der Waals surface area contributed by atoms with Gasteiger partial charge in [0.2, 0.25) is 6.33 Å². The van der Waals surface area contributed by atoms with E-state index in [-0.39, 0.29) is 5.41 Å². The van der Waals surface area contributed by atoms with Crippen LogP contribution in [0.4, 0.5) is 0 Å². The van der Waals surface area contributed by atoms with E-state index in [1.807, 2.05) is 0 Å². The molecule has 0 saturated heterocycles. The van der Waals surface area contributed by atoms with Crippen molar-refractivity contribution in [1.82, 2.24) is 4.57 Å². The Kier molecular flexibility index (Phi) is 17.5. The lowest BCUT2D eigenvalue weighted by Gasteiger charge is -2.37. The van der Waals surface area contributed by atoms with Crippen LogP contribution in [0.25, 0.3) is 0 Å². The molecule has 0 N–H and O–H groups in total. The topological polar surface area (TPSA) is 8.81 Å². The maximum Gasteiger partial charge on any atom is 0.244 e. The smallest absolute Gasteiger partial charge is 0.237 e. The predicted molar refractivity (Wildman–Crippen MR) is 187 cm³/mol. The van der Waals surface area contributed by atoms with Crippen molar-refractivity contribution in [2.75, 3.05) is 0 Å². The van der Waals surface area contributed by atoms with E-state index in [2.05, 4.69) is 109 Å². The zero-order valence-corrected chi connectivity index (χ0v) is 28.3. The van der Waals surface area contributed by atoms with E-state index < -0.39 is 0 Å². The Morgan fingerprint density at radius 2 is 1.09 bits per heavy atom. The largest absolute Gasteiger partial charge is 0.244 e. The third-order valence-corrected chi connectivity index (χ3v) is 9.76. The van der Waals surface area contributed by atoms with E-state index in [0.717, 1.165) is 13.0 Å². The number of rotatable bonds is 25. The van der Waals surface area contributed by atoms with E-state index >= 15 is 0 Å². The summed E-state index contributed by atoms with van der Waals surface area (Å²) in [6.45, 7) is 8.27. The maximum absolute atomic E-state index is 2.58. The third-order valence-electron chi connectivity index (χ3n) is 9.76. The first-order valence-corrected chi connectivity index (χ1v) is 18.3. The van der Waals surface area contributed by atoms with Crippen molar-refractivity contribution in [3.05, 3.63) is 90.5 Å². The van der Waals surface area contributed by atoms with Crippen LogP contribution in [-0.2, 0) is 18.4 Å². The van der Waals surface area contributed by atoms with Crippen molar-refractivity contribution in [3.63, 3.8) is 0 Å². The molecule has 3 aromatic rings. The summed E-state index contributed by atoms with van der Waals surface area (Å²) in [6, 6.07) is 22.9. The lowest BCUT2D eigenvalue weighted by Crippen LogP contribution is -2.38. The van der Waals surface area contributed by atoms with E-state index in [1.165, 1.54) is 133 Å². The Bertz CT molecular complexity index is 1060. The monoisotopic (exact) mass is 586 g/mol. The average molecular weight is 586 g/mol. The van der Waals surface area contributed by atoms with Crippen molar-refractivity contribution < 1.29 is 4.57 Å². The number of nitrogens with zero attached hydrogens (tertiary/aromatic N) is 2. The minimum Gasteiger partial charge on any atom is -0.237 e. The Morgan fingerprint density at radius 3 is 1.65 bits per heavy atom. The van der Waals surface area contributed by atoms with Gasteiger partial charge in [-0.05, 0) is 43.2 Å². The van der Waals surface area contributed by atoms with Gasteiger partial charge < -0.3 is 0 Å². The quantitative estimate of drug-likeness (QED) is 0.0690. The molecule has 0 amide bonds. The molecule has 0 fully saturated rings. The van der Waals surface area contributed by atoms with Gasteiger partial charge in [-0.15, -0.1) is 0 Å². The van der Waals surface area contributed by atoms with Crippen molar-refractivity contribution in [2.24, 2.45) is 0 Å². The van der Waals surface area contributed by atoms with Crippen molar-refractivity contribution in [2.45, 2.75) is 167 Å². The normalized spacial score (nSPS) is 13.7. The summed E-state index contributed by atoms with van der Waals surface area (Å²) in [5, 5.41) is 0. The minimum absolute atomic E-state index is 0.0116. The summed E-state index contributed by atoms with van der Waals surface area (Å²) in [5.41, 5.74) is 2.90. The van der Waals surface area contributed by atoms with Gasteiger partial charge in [-0.2, -0.15) is 0 Å². The number of aromatic nitrogens is 2. The van der Waals surface area contributed by atoms with Crippen LogP contribution in [0.1, 0.15) is 160 Å². The molecule has 0 aliphatic rings. The summed E-state index contributed by atoms with van der Waals surface area (Å²) in [6.07, 6.45) is 34.3. The molecule has 0 radical (unpaired) electrons. The first kappa shape index (κ1) is 35.1. The second-order valence-electron chi connectivity index (χ2n) is 13.5. The summed E-state index contributed by atoms with van der Waals surface area (Å²) in [7, 11) is 0. The van der Waals surface area contributed by atoms with Gasteiger partial charge in [-0.25, -0.2) is 9.13 Å². The Morgan fingerprint density at radius 1 is 0.605 bits per heavy atom. The van der Waals surface area contributed by atoms with Crippen molar-refractivity contribution in [3.8, 4) is 0 Å². The number of benzene rings is 2. The van der Waals surface area contributed by atoms with E-state index in [4.69, 9.17) is 0 Å². The molecule has 2 nitrogen and oxygen atoms in total. The van der Waals surface area contributed by atoms with Gasteiger partial charge in [0, 0.05) is 5.41 Å². The maximum atomic E-state index is 2.58. The molecule has 3 rings (SSSR count). The molecule has 0 spiro atoms. The van der Waals surface area contributed by atoms with Crippen LogP contribution in [-0.4, -0.2) is 4.57 Å². The van der Waals surface area contributed by atoms with Crippen LogP contribution in [0.2, 0.25) is 0 Å². The molecule has 0 saturated carbocycles. The second kappa shape index (κ2) is 21.4. The molecule has 0 aliphatic carbocycles. The van der Waals surface area contributed by atoms with Gasteiger partial charge in [0.15, 0.2) is 0 Å². The van der Waals surface area contributed by atoms with Crippen LogP contribution < -0.4 is 4.57 Å². The van der Waals surface area contributed by atoms with Crippen molar-refractivity contribution in [1.29, 1.82) is 0 Å². The Labute approximate surface area is 266 Å². The molecule has 0 aliphatic heterocycles. The van der Waals surface area contributed by atoms with Crippen LogP contribution >= 0.6 is 0 Å². The summed E-state index contributed by atoms with van der Waals surface area (Å²) in [5.74, 6) is 0. The van der Waals surface area contributed by atoms with Gasteiger partial charge in [-0.3, -0.25) is 0 Å². The van der Waals surface area contributed by atoms with Crippen LogP contribution in [0.15, 0.2) is 79.4 Å². The summed E-state index contributed by atoms with van der Waals surface area (Å²) >= 11 is 0. The van der Waals surface area contributed by atoms with Crippen LogP contribution in [0.5, 0.6) is 0 Å². The SMILES string of the molecule is CCCCCCCCCCCC[n+]1ccn(C(CCCCCCCCCC)C(C)(Cc2ccccc2)c2ccccc2)c1. The number of hydrogen-bond acceptors (Lipinski definition) is 0. The standard InChI is InChI=1S/C41H65N2/c1-4-6-8-10-12-14-15-17-19-27-33-42-34-35-43(37-42)40(32-26-18-16-13-11-9-7-5-2)41(3,39-30-24-21-25-31-39)36-38-28-22-20-23-29-38/h20-25,28-31,34-35,37,40H,4-19,26-27,32-33,36H2,1-3H3/q+1. The Balaban J connectivity index is 1.64. The summed E-state index contributed by atoms with van der Waals surface area (Å²) in [4.78, 5) is 0. The molecule has 1 heterocycles. The summed E-state index contributed by atoms with van der Waals surface area (Å²) < 4.78 is 5.03. The molecule has 0 bridgehead atoms. The highest BCUT2D eigenvalue weighted by molar-refractivity contribution is 5.30. The van der Waals surface area contributed by atoms with E-state index in [9.17, 15) is 0 Å². The number of unbranched alkanes of at least 4 members (excludes halogenated alkanes) is 16. The van der Waals surface area contributed by atoms with Gasteiger partial charge in [0.1, 0.15) is 18.4 Å². The fraction of sp³-hybridized carbons (Fsp3) is 0.634. The first-order chi connectivity index (χ1) is 21.2. The Hall–Kier alpha value is -2.35. The van der Waals surface area contributed by atoms with Crippen LogP contribution in [0, 0.1) is 0 Å². The van der Waals surface area contributed by atoms with E-state index in [1.54, 1.807) is 0 Å². The minimum atomic E-state index is 0.0116. The molecule has 2 heteroatoms. The predicted octanol–water partition coefficient (Wildman–Crippen LogP) is 12.0. The fourth-order valence-corrected chi connectivity index (χ4v) is 7.03. The van der Waals surface area contributed by atoms with Gasteiger partial charge in [0.05, 0.1) is 6.54 Å². The molecular formula is C41H65N2+. The third kappa shape index (κ3) is 13.0. The zero-order chi connectivity index (χ0) is 30.4. The first-order valence-electron chi connectivity index (χ1n) is 18.3. The highest BCUT2D eigenvalue weighted by atomic mass is 15.1. The molecule has 43 heavy (non-hydrogen) atoms. The van der Waals surface area contributed by atoms with Gasteiger partial charge in [-0.1, -0.05) is 178 Å². The van der Waals surface area contributed by atoms with E-state index in [0.29, 0.717) is 6.04 Å². The number of aryl methyl sites for hydroxylation is 1. The fourth-order valence-electron chi connectivity index (χ4n) is 7.03. The average Bonchev–Trinajstić information content (AvgIpc) is 3.50. The van der Waals surface area contributed by atoms with Gasteiger partial charge >= 0.3 is 0 Å². The van der Waals surface area contributed by atoms with Gasteiger partial charge in [0.25, 0.3) is 0 Å². The zero-order valence-electron chi connectivity index (χ0n) is 28.3. The second-order valence-corrected chi connectivity index (χ2v) is 13.5. The highest BCUT2D eigenvalue weighted by Crippen LogP contribution is 2.41. The molecule has 1 aromatic heterocycles. The lowest BCUT2D eigenvalue weighted by molar-refractivity contribution is -0.697. The van der Waals surface area contributed by atoms with Crippen molar-refractivity contribution >= 4 is 0 Å². The molecular weight excluding hydrogens is 520 g/mol.